The first-order valence-electron chi connectivity index (χ1n) is 8.18. The molecule has 0 aliphatic carbocycles. The van der Waals surface area contributed by atoms with E-state index in [4.69, 9.17) is 4.42 Å². The molecule has 0 radical (unpaired) electrons. The van der Waals surface area contributed by atoms with Gasteiger partial charge in [0.2, 0.25) is 11.8 Å². The standard InChI is InChI=1S/C17H23N3O2S.ClH/c1-12(13-4-6-18-7-5-13)9-16(21)19-10-14-11-22-17(20-14)15-3-2-8-23-15;/h2-3,8,11-13,18H,4-7,9-10H2,1H3,(H,19,21);1H. The third-order valence-corrected chi connectivity index (χ3v) is 5.30. The number of hydrogen-bond donors (Lipinski definition) is 2. The Morgan fingerprint density at radius 3 is 3.00 bits per heavy atom. The van der Waals surface area contributed by atoms with E-state index in [9.17, 15) is 4.79 Å². The van der Waals surface area contributed by atoms with Crippen molar-refractivity contribution in [3.05, 3.63) is 29.5 Å². The number of nitrogens with zero attached hydrogens (tertiary/aromatic N) is 1. The molecule has 7 heteroatoms. The summed E-state index contributed by atoms with van der Waals surface area (Å²) in [6, 6.07) is 3.94. The van der Waals surface area contributed by atoms with Crippen LogP contribution < -0.4 is 10.6 Å². The molecule has 1 amide bonds. The molecule has 2 aromatic rings. The Balaban J connectivity index is 0.00000208. The van der Waals surface area contributed by atoms with Crippen molar-refractivity contribution >= 4 is 29.7 Å². The average Bonchev–Trinajstić information content (AvgIpc) is 3.25. The van der Waals surface area contributed by atoms with Crippen LogP contribution >= 0.6 is 23.7 Å². The number of rotatable bonds is 6. The highest BCUT2D eigenvalue weighted by Crippen LogP contribution is 2.25. The van der Waals surface area contributed by atoms with Gasteiger partial charge in [-0.05, 0) is 49.2 Å². The van der Waals surface area contributed by atoms with Gasteiger partial charge < -0.3 is 15.1 Å². The van der Waals surface area contributed by atoms with E-state index in [1.165, 1.54) is 12.8 Å². The highest BCUT2D eigenvalue weighted by molar-refractivity contribution is 7.13. The number of amides is 1. The lowest BCUT2D eigenvalue weighted by Crippen LogP contribution is -2.33. The molecule has 1 saturated heterocycles. The Morgan fingerprint density at radius 2 is 2.29 bits per heavy atom. The molecular formula is C17H24ClN3O2S. The first-order valence-corrected chi connectivity index (χ1v) is 9.06. The Morgan fingerprint density at radius 1 is 1.50 bits per heavy atom. The topological polar surface area (TPSA) is 67.2 Å². The Kier molecular flexibility index (Phi) is 7.27. The molecule has 0 aromatic carbocycles. The van der Waals surface area contributed by atoms with Crippen molar-refractivity contribution in [1.29, 1.82) is 0 Å². The minimum absolute atomic E-state index is 0. The van der Waals surface area contributed by atoms with Crippen LogP contribution in [0.2, 0.25) is 0 Å². The largest absolute Gasteiger partial charge is 0.443 e. The number of halogens is 1. The number of thiophene rings is 1. The van der Waals surface area contributed by atoms with Crippen LogP contribution in [0.3, 0.4) is 0 Å². The maximum atomic E-state index is 12.1. The van der Waals surface area contributed by atoms with E-state index in [2.05, 4.69) is 22.5 Å². The fraction of sp³-hybridized carbons (Fsp3) is 0.529. The molecule has 24 heavy (non-hydrogen) atoms. The predicted molar refractivity (Wildman–Crippen MR) is 98.3 cm³/mol. The van der Waals surface area contributed by atoms with Crippen LogP contribution in [0.4, 0.5) is 0 Å². The van der Waals surface area contributed by atoms with Gasteiger partial charge in [-0.2, -0.15) is 0 Å². The summed E-state index contributed by atoms with van der Waals surface area (Å²) in [5.41, 5.74) is 0.760. The average molecular weight is 370 g/mol. The van der Waals surface area contributed by atoms with Crippen molar-refractivity contribution in [2.75, 3.05) is 13.1 Å². The zero-order valence-corrected chi connectivity index (χ0v) is 15.4. The van der Waals surface area contributed by atoms with Crippen LogP contribution in [0.1, 0.15) is 31.9 Å². The monoisotopic (exact) mass is 369 g/mol. The van der Waals surface area contributed by atoms with E-state index in [0.29, 0.717) is 30.7 Å². The van der Waals surface area contributed by atoms with Crippen molar-refractivity contribution in [1.82, 2.24) is 15.6 Å². The highest BCUT2D eigenvalue weighted by Gasteiger charge is 2.22. The van der Waals surface area contributed by atoms with Gasteiger partial charge in [0, 0.05) is 6.42 Å². The number of carbonyl (C=O) groups excluding carboxylic acids is 1. The van der Waals surface area contributed by atoms with E-state index >= 15 is 0 Å². The molecule has 2 N–H and O–H groups in total. The summed E-state index contributed by atoms with van der Waals surface area (Å²) in [4.78, 5) is 17.5. The molecule has 5 nitrogen and oxygen atoms in total. The Hall–Kier alpha value is -1.37. The third kappa shape index (κ3) is 5.06. The lowest BCUT2D eigenvalue weighted by Gasteiger charge is -2.27. The Bertz CT molecular complexity index is 624. The summed E-state index contributed by atoms with van der Waals surface area (Å²) in [7, 11) is 0. The second kappa shape index (κ2) is 9.20. The lowest BCUT2D eigenvalue weighted by molar-refractivity contribution is -0.122. The third-order valence-electron chi connectivity index (χ3n) is 4.45. The van der Waals surface area contributed by atoms with Gasteiger partial charge in [0.1, 0.15) is 6.26 Å². The number of nitrogens with one attached hydrogen (secondary N) is 2. The molecule has 1 aliphatic rings. The molecule has 132 valence electrons. The summed E-state index contributed by atoms with van der Waals surface area (Å²) in [6.07, 6.45) is 4.54. The zero-order valence-electron chi connectivity index (χ0n) is 13.8. The number of carbonyl (C=O) groups is 1. The van der Waals surface area contributed by atoms with Gasteiger partial charge in [0.25, 0.3) is 0 Å². The Labute approximate surface area is 152 Å². The quantitative estimate of drug-likeness (QED) is 0.818. The second-order valence-corrected chi connectivity index (χ2v) is 7.11. The summed E-state index contributed by atoms with van der Waals surface area (Å²) < 4.78 is 5.46. The van der Waals surface area contributed by atoms with Gasteiger partial charge in [-0.3, -0.25) is 4.79 Å². The molecule has 1 fully saturated rings. The molecule has 2 aromatic heterocycles. The van der Waals surface area contributed by atoms with Gasteiger partial charge >= 0.3 is 0 Å². The minimum Gasteiger partial charge on any atom is -0.443 e. The van der Waals surface area contributed by atoms with Crippen LogP contribution in [0.25, 0.3) is 10.8 Å². The van der Waals surface area contributed by atoms with Crippen molar-refractivity contribution in [3.63, 3.8) is 0 Å². The van der Waals surface area contributed by atoms with Crippen LogP contribution in [0.15, 0.2) is 28.2 Å². The minimum atomic E-state index is 0. The van der Waals surface area contributed by atoms with Gasteiger partial charge in [0.15, 0.2) is 0 Å². The maximum Gasteiger partial charge on any atom is 0.236 e. The first-order chi connectivity index (χ1) is 11.2. The zero-order chi connectivity index (χ0) is 16.1. The molecule has 1 aliphatic heterocycles. The lowest BCUT2D eigenvalue weighted by atomic mass is 9.84. The van der Waals surface area contributed by atoms with Crippen molar-refractivity contribution in [2.24, 2.45) is 11.8 Å². The summed E-state index contributed by atoms with van der Waals surface area (Å²) >= 11 is 1.59. The van der Waals surface area contributed by atoms with Crippen LogP contribution in [-0.2, 0) is 11.3 Å². The van der Waals surface area contributed by atoms with Gasteiger partial charge in [-0.25, -0.2) is 4.98 Å². The van der Waals surface area contributed by atoms with E-state index in [1.807, 2.05) is 17.5 Å². The van der Waals surface area contributed by atoms with E-state index < -0.39 is 0 Å². The molecule has 0 saturated carbocycles. The normalized spacial score (nSPS) is 16.4. The molecule has 1 atom stereocenters. The smallest absolute Gasteiger partial charge is 0.236 e. The molecule has 1 unspecified atom stereocenters. The number of hydrogen-bond acceptors (Lipinski definition) is 5. The number of piperidine rings is 1. The summed E-state index contributed by atoms with van der Waals surface area (Å²) in [6.45, 7) is 4.75. The molecule has 0 bridgehead atoms. The molecule has 3 rings (SSSR count). The van der Waals surface area contributed by atoms with E-state index in [1.54, 1.807) is 17.6 Å². The molecule has 0 spiro atoms. The van der Waals surface area contributed by atoms with Crippen LogP contribution in [0.5, 0.6) is 0 Å². The predicted octanol–water partition coefficient (Wildman–Crippen LogP) is 3.47. The summed E-state index contributed by atoms with van der Waals surface area (Å²) in [5, 5.41) is 8.31. The van der Waals surface area contributed by atoms with E-state index in [-0.39, 0.29) is 18.3 Å². The fourth-order valence-corrected chi connectivity index (χ4v) is 3.69. The van der Waals surface area contributed by atoms with Gasteiger partial charge in [-0.15, -0.1) is 23.7 Å². The van der Waals surface area contributed by atoms with Crippen molar-refractivity contribution in [2.45, 2.75) is 32.7 Å². The SMILES string of the molecule is CC(CC(=O)NCc1coc(-c2cccs2)n1)C1CCNCC1.Cl. The van der Waals surface area contributed by atoms with Crippen molar-refractivity contribution in [3.8, 4) is 10.8 Å². The van der Waals surface area contributed by atoms with Crippen LogP contribution in [0, 0.1) is 11.8 Å². The number of oxazole rings is 1. The van der Waals surface area contributed by atoms with Gasteiger partial charge in [-0.1, -0.05) is 13.0 Å². The second-order valence-electron chi connectivity index (χ2n) is 6.17. The molecular weight excluding hydrogens is 346 g/mol. The van der Waals surface area contributed by atoms with E-state index in [0.717, 1.165) is 23.7 Å². The molecule has 3 heterocycles. The van der Waals surface area contributed by atoms with Crippen LogP contribution in [-0.4, -0.2) is 24.0 Å². The fourth-order valence-electron chi connectivity index (χ4n) is 3.04. The van der Waals surface area contributed by atoms with Crippen molar-refractivity contribution < 1.29 is 9.21 Å². The highest BCUT2D eigenvalue weighted by atomic mass is 35.5. The first kappa shape index (κ1) is 19.0. The number of aromatic nitrogens is 1. The maximum absolute atomic E-state index is 12.1. The van der Waals surface area contributed by atoms with Gasteiger partial charge in [0.05, 0.1) is 17.1 Å². The summed E-state index contributed by atoms with van der Waals surface area (Å²) in [5.74, 6) is 1.79.